The van der Waals surface area contributed by atoms with Crippen LogP contribution in [0.5, 0.6) is 0 Å². The number of carbonyl (C=O) groups is 3. The van der Waals surface area contributed by atoms with Crippen LogP contribution in [0.1, 0.15) is 90.1 Å². The van der Waals surface area contributed by atoms with E-state index in [1.807, 2.05) is 13.0 Å². The maximum atomic E-state index is 12.9. The van der Waals surface area contributed by atoms with Gasteiger partial charge in [0.15, 0.2) is 0 Å². The van der Waals surface area contributed by atoms with Crippen molar-refractivity contribution in [2.45, 2.75) is 90.4 Å². The van der Waals surface area contributed by atoms with Crippen molar-refractivity contribution >= 4 is 17.5 Å². The van der Waals surface area contributed by atoms with Crippen LogP contribution in [0.15, 0.2) is 16.5 Å². The first kappa shape index (κ1) is 22.1. The van der Waals surface area contributed by atoms with E-state index in [9.17, 15) is 14.4 Å². The first-order valence-corrected chi connectivity index (χ1v) is 9.69. The third-order valence-corrected chi connectivity index (χ3v) is 4.88. The molecule has 0 aliphatic heterocycles. The minimum absolute atomic E-state index is 0.0869. The molecule has 0 fully saturated rings. The van der Waals surface area contributed by atoms with Gasteiger partial charge in [0.05, 0.1) is 5.41 Å². The van der Waals surface area contributed by atoms with Crippen LogP contribution in [0, 0.1) is 0 Å². The van der Waals surface area contributed by atoms with Gasteiger partial charge in [-0.25, -0.2) is 0 Å². The minimum Gasteiger partial charge on any atom is -0.481 e. The highest BCUT2D eigenvalue weighted by molar-refractivity contribution is 5.92. The quantitative estimate of drug-likeness (QED) is 0.510. The van der Waals surface area contributed by atoms with Gasteiger partial charge in [-0.15, -0.1) is 0 Å². The minimum atomic E-state index is -1.01. The molecule has 1 heterocycles. The van der Waals surface area contributed by atoms with Crippen molar-refractivity contribution in [1.82, 2.24) is 0 Å². The second-order valence-corrected chi connectivity index (χ2v) is 7.16. The van der Waals surface area contributed by atoms with Crippen LogP contribution in [-0.4, -0.2) is 22.6 Å². The fraction of sp³-hybridized carbons (Fsp3) is 0.667. The predicted molar refractivity (Wildman–Crippen MR) is 100 cm³/mol. The smallest absolute Gasteiger partial charge is 0.303 e. The Kier molecular flexibility index (Phi) is 9.31. The van der Waals surface area contributed by atoms with Gasteiger partial charge in [0.1, 0.15) is 23.1 Å². The molecule has 0 spiro atoms. The number of unbranched alkanes of at least 4 members (excludes halogenated alkanes) is 2. The van der Waals surface area contributed by atoms with Gasteiger partial charge in [0.2, 0.25) is 0 Å². The van der Waals surface area contributed by atoms with Gasteiger partial charge >= 0.3 is 5.97 Å². The van der Waals surface area contributed by atoms with Crippen LogP contribution in [0.4, 0.5) is 0 Å². The lowest BCUT2D eigenvalue weighted by atomic mass is 9.77. The molecule has 1 unspecified atom stereocenters. The summed E-state index contributed by atoms with van der Waals surface area (Å²) >= 11 is 0. The summed E-state index contributed by atoms with van der Waals surface area (Å²) in [6, 6.07) is 3.65. The van der Waals surface area contributed by atoms with E-state index in [1.165, 1.54) is 0 Å². The molecule has 146 valence electrons. The van der Waals surface area contributed by atoms with E-state index < -0.39 is 11.4 Å². The number of carboxylic acid groups (broad SMARTS) is 1. The molecule has 26 heavy (non-hydrogen) atoms. The summed E-state index contributed by atoms with van der Waals surface area (Å²) in [5, 5.41) is 9.05. The van der Waals surface area contributed by atoms with E-state index in [0.29, 0.717) is 12.2 Å². The topological polar surface area (TPSA) is 84.6 Å². The van der Waals surface area contributed by atoms with E-state index in [2.05, 4.69) is 6.92 Å². The number of aliphatic carboxylic acids is 1. The van der Waals surface area contributed by atoms with Crippen molar-refractivity contribution in [2.24, 2.45) is 0 Å². The van der Waals surface area contributed by atoms with Crippen LogP contribution in [-0.2, 0) is 26.2 Å². The summed E-state index contributed by atoms with van der Waals surface area (Å²) in [4.78, 5) is 35.8. The van der Waals surface area contributed by atoms with Crippen LogP contribution >= 0.6 is 0 Å². The lowest BCUT2D eigenvalue weighted by molar-refractivity contribution is -0.138. The SMILES string of the molecule is CCCCC(=O)CCC(=O)C(C)(CCC(=O)O)c1ccc(CCCC)o1. The molecule has 5 heteroatoms. The number of hydrogen-bond acceptors (Lipinski definition) is 4. The number of Topliss-reactive ketones (excluding diaryl/α,β-unsaturated/α-hetero) is 2. The Hall–Kier alpha value is -1.91. The fourth-order valence-corrected chi connectivity index (χ4v) is 2.94. The summed E-state index contributed by atoms with van der Waals surface area (Å²) in [6.45, 7) is 5.85. The molecule has 1 aromatic heterocycles. The average molecular weight is 364 g/mol. The standard InChI is InChI=1S/C21H32O5/c1-4-6-8-16(22)10-12-18(23)21(3,15-14-20(24)25)19-13-11-17(26-19)9-7-5-2/h11,13H,4-10,12,14-15H2,1-3H3,(H,24,25). The summed E-state index contributed by atoms with van der Waals surface area (Å²) < 4.78 is 5.88. The van der Waals surface area contributed by atoms with Crippen LogP contribution in [0.2, 0.25) is 0 Å². The second-order valence-electron chi connectivity index (χ2n) is 7.16. The van der Waals surface area contributed by atoms with Crippen molar-refractivity contribution in [3.63, 3.8) is 0 Å². The van der Waals surface area contributed by atoms with Gasteiger partial charge in [0, 0.05) is 32.1 Å². The number of carbonyl (C=O) groups excluding carboxylic acids is 2. The lowest BCUT2D eigenvalue weighted by Crippen LogP contribution is -2.33. The van der Waals surface area contributed by atoms with Gasteiger partial charge in [-0.05, 0) is 38.3 Å². The van der Waals surface area contributed by atoms with Gasteiger partial charge < -0.3 is 9.52 Å². The second kappa shape index (κ2) is 10.9. The molecule has 0 aliphatic rings. The Bertz CT molecular complexity index is 601. The number of aryl methyl sites for hydroxylation is 1. The zero-order valence-corrected chi connectivity index (χ0v) is 16.3. The predicted octanol–water partition coefficient (Wildman–Crippen LogP) is 4.85. The first-order chi connectivity index (χ1) is 12.3. The maximum Gasteiger partial charge on any atom is 0.303 e. The average Bonchev–Trinajstić information content (AvgIpc) is 3.10. The molecular formula is C21H32O5. The molecule has 0 aromatic carbocycles. The highest BCUT2D eigenvalue weighted by atomic mass is 16.4. The highest BCUT2D eigenvalue weighted by Gasteiger charge is 2.38. The molecule has 1 N–H and O–H groups in total. The monoisotopic (exact) mass is 364 g/mol. The fourth-order valence-electron chi connectivity index (χ4n) is 2.94. The first-order valence-electron chi connectivity index (χ1n) is 9.69. The van der Waals surface area contributed by atoms with E-state index in [4.69, 9.17) is 9.52 Å². The lowest BCUT2D eigenvalue weighted by Gasteiger charge is -2.25. The molecular weight excluding hydrogens is 332 g/mol. The Morgan fingerprint density at radius 2 is 1.69 bits per heavy atom. The van der Waals surface area contributed by atoms with Gasteiger partial charge in [-0.2, -0.15) is 0 Å². The molecule has 0 saturated carbocycles. The third-order valence-electron chi connectivity index (χ3n) is 4.88. The summed E-state index contributed by atoms with van der Waals surface area (Å²) in [5.74, 6) is 0.343. The number of furan rings is 1. The molecule has 0 bridgehead atoms. The molecule has 0 saturated heterocycles. The summed E-state index contributed by atoms with van der Waals surface area (Å²) in [5.41, 5.74) is -1.01. The normalized spacial score (nSPS) is 13.3. The summed E-state index contributed by atoms with van der Waals surface area (Å²) in [7, 11) is 0. The number of ketones is 2. The molecule has 1 atom stereocenters. The number of rotatable bonds is 14. The van der Waals surface area contributed by atoms with Crippen molar-refractivity contribution < 1.29 is 23.9 Å². The van der Waals surface area contributed by atoms with Gasteiger partial charge in [0.25, 0.3) is 0 Å². The van der Waals surface area contributed by atoms with E-state index >= 15 is 0 Å². The Labute approximate surface area is 156 Å². The van der Waals surface area contributed by atoms with Crippen LogP contribution < -0.4 is 0 Å². The van der Waals surface area contributed by atoms with Gasteiger partial charge in [-0.3, -0.25) is 14.4 Å². The maximum absolute atomic E-state index is 12.9. The molecule has 0 amide bonds. The Morgan fingerprint density at radius 3 is 2.31 bits per heavy atom. The Balaban J connectivity index is 2.87. The van der Waals surface area contributed by atoms with Crippen molar-refractivity contribution in [3.8, 4) is 0 Å². The molecule has 0 aliphatic carbocycles. The number of carboxylic acids is 1. The van der Waals surface area contributed by atoms with Crippen LogP contribution in [0.3, 0.4) is 0 Å². The molecule has 5 nitrogen and oxygen atoms in total. The zero-order valence-electron chi connectivity index (χ0n) is 16.3. The van der Waals surface area contributed by atoms with Crippen LogP contribution in [0.25, 0.3) is 0 Å². The molecule has 1 rings (SSSR count). The summed E-state index contributed by atoms with van der Waals surface area (Å²) in [6.07, 6.45) is 5.53. The van der Waals surface area contributed by atoms with E-state index in [0.717, 1.165) is 37.9 Å². The number of hydrogen-bond donors (Lipinski definition) is 1. The third kappa shape index (κ3) is 6.77. The van der Waals surface area contributed by atoms with Crippen molar-refractivity contribution in [1.29, 1.82) is 0 Å². The van der Waals surface area contributed by atoms with Gasteiger partial charge in [-0.1, -0.05) is 26.7 Å². The molecule has 0 radical (unpaired) electrons. The largest absolute Gasteiger partial charge is 0.481 e. The highest BCUT2D eigenvalue weighted by Crippen LogP contribution is 2.33. The van der Waals surface area contributed by atoms with E-state index in [1.54, 1.807) is 13.0 Å². The molecule has 1 aromatic rings. The van der Waals surface area contributed by atoms with E-state index in [-0.39, 0.29) is 37.2 Å². The van der Waals surface area contributed by atoms with Crippen molar-refractivity contribution in [3.05, 3.63) is 23.7 Å². The van der Waals surface area contributed by atoms with Crippen molar-refractivity contribution in [2.75, 3.05) is 0 Å². The zero-order chi connectivity index (χ0) is 19.6. The Morgan fingerprint density at radius 1 is 1.00 bits per heavy atom.